The largest absolute Gasteiger partial charge is 0.322 e. The molecule has 0 saturated carbocycles. The second-order valence-corrected chi connectivity index (χ2v) is 9.61. The summed E-state index contributed by atoms with van der Waals surface area (Å²) < 4.78 is 25.3. The number of carbonyl (C=O) groups is 1. The fourth-order valence-electron chi connectivity index (χ4n) is 2.20. The zero-order valence-electron chi connectivity index (χ0n) is 14.1. The van der Waals surface area contributed by atoms with Gasteiger partial charge in [-0.1, -0.05) is 0 Å². The molecule has 6 nitrogen and oxygen atoms in total. The third-order valence-electron chi connectivity index (χ3n) is 3.77. The number of hydrogen-bond acceptors (Lipinski definition) is 6. The number of carbonyl (C=O) groups excluding carboxylic acids is 1. The fraction of sp³-hybridized carbons (Fsp3) is 0.167. The molecule has 8 heteroatoms. The van der Waals surface area contributed by atoms with Crippen molar-refractivity contribution in [2.75, 3.05) is 5.32 Å². The Kier molecular flexibility index (Phi) is 4.76. The molecule has 1 heterocycles. The van der Waals surface area contributed by atoms with Gasteiger partial charge in [-0.15, -0.1) is 11.3 Å². The van der Waals surface area contributed by atoms with Crippen LogP contribution in [0.25, 0.3) is 10.2 Å². The molecule has 3 rings (SSSR count). The molecule has 0 bridgehead atoms. The van der Waals surface area contributed by atoms with Gasteiger partial charge in [0.25, 0.3) is 5.91 Å². The summed E-state index contributed by atoms with van der Waals surface area (Å²) in [6.07, 6.45) is 0. The van der Waals surface area contributed by atoms with Crippen molar-refractivity contribution in [2.45, 2.75) is 23.4 Å². The molecule has 1 N–H and O–H groups in total. The molecule has 0 atom stereocenters. The minimum Gasteiger partial charge on any atom is -0.322 e. The molecule has 132 valence electrons. The maximum Gasteiger partial charge on any atom is 0.255 e. The lowest BCUT2D eigenvalue weighted by Crippen LogP contribution is -2.13. The van der Waals surface area contributed by atoms with Gasteiger partial charge in [-0.3, -0.25) is 4.79 Å². The monoisotopic (exact) mass is 385 g/mol. The summed E-state index contributed by atoms with van der Waals surface area (Å²) in [5, 5.41) is 11.0. The van der Waals surface area contributed by atoms with Crippen LogP contribution in [0.1, 0.15) is 29.8 Å². The van der Waals surface area contributed by atoms with Crippen LogP contribution in [-0.4, -0.2) is 24.6 Å². The number of nitrogens with zero attached hydrogens (tertiary/aromatic N) is 2. The molecule has 3 aromatic rings. The summed E-state index contributed by atoms with van der Waals surface area (Å²) in [6, 6.07) is 13.4. The first kappa shape index (κ1) is 18.0. The second-order valence-electron chi connectivity index (χ2n) is 5.90. The molecular weight excluding hydrogens is 370 g/mol. The second kappa shape index (κ2) is 6.86. The van der Waals surface area contributed by atoms with E-state index in [2.05, 4.69) is 10.3 Å². The first-order valence-electron chi connectivity index (χ1n) is 7.77. The predicted octanol–water partition coefficient (Wildman–Crippen LogP) is 3.60. The van der Waals surface area contributed by atoms with Crippen molar-refractivity contribution in [1.82, 2.24) is 4.98 Å². The van der Waals surface area contributed by atoms with E-state index < -0.39 is 15.1 Å². The lowest BCUT2D eigenvalue weighted by Gasteiger charge is -2.05. The molecular formula is C18H15N3O3S2. The van der Waals surface area contributed by atoms with Gasteiger partial charge in [0.05, 0.1) is 27.1 Å². The Hall–Kier alpha value is -2.76. The summed E-state index contributed by atoms with van der Waals surface area (Å²) in [5.41, 5.74) is 2.03. The van der Waals surface area contributed by atoms with E-state index in [0.717, 1.165) is 11.3 Å². The van der Waals surface area contributed by atoms with E-state index in [-0.39, 0.29) is 10.2 Å². The molecule has 0 radical (unpaired) electrons. The van der Waals surface area contributed by atoms with Crippen molar-refractivity contribution in [2.24, 2.45) is 0 Å². The first-order valence-corrected chi connectivity index (χ1v) is 10.1. The van der Waals surface area contributed by atoms with Gasteiger partial charge in [-0.25, -0.2) is 13.4 Å². The van der Waals surface area contributed by atoms with E-state index in [1.165, 1.54) is 0 Å². The van der Waals surface area contributed by atoms with Crippen LogP contribution in [0.4, 0.5) is 5.69 Å². The Balaban J connectivity index is 1.87. The van der Waals surface area contributed by atoms with Gasteiger partial charge in [0, 0.05) is 11.3 Å². The number of anilines is 1. The van der Waals surface area contributed by atoms with Gasteiger partial charge in [0.2, 0.25) is 14.2 Å². The van der Waals surface area contributed by atoms with Gasteiger partial charge in [0.1, 0.15) is 0 Å². The Morgan fingerprint density at radius 2 is 1.88 bits per heavy atom. The highest BCUT2D eigenvalue weighted by Gasteiger charge is 2.23. The molecule has 0 spiro atoms. The van der Waals surface area contributed by atoms with Crippen molar-refractivity contribution < 1.29 is 13.2 Å². The van der Waals surface area contributed by atoms with Gasteiger partial charge >= 0.3 is 0 Å². The molecule has 0 aliphatic rings. The number of amides is 1. The SMILES string of the molecule is CC(C)S(=O)(=O)c1nc2ccc(NC(=O)c3ccc(C#N)cc3)cc2s1. The van der Waals surface area contributed by atoms with Gasteiger partial charge in [-0.2, -0.15) is 5.26 Å². The lowest BCUT2D eigenvalue weighted by atomic mass is 10.1. The van der Waals surface area contributed by atoms with Gasteiger partial charge < -0.3 is 5.32 Å². The molecule has 0 aliphatic carbocycles. The van der Waals surface area contributed by atoms with Crippen LogP contribution in [0.5, 0.6) is 0 Å². The van der Waals surface area contributed by atoms with Crippen LogP contribution >= 0.6 is 11.3 Å². The highest BCUT2D eigenvalue weighted by Crippen LogP contribution is 2.30. The molecule has 1 amide bonds. The standard InChI is InChI=1S/C18H15N3O3S2/c1-11(2)26(23,24)18-21-15-8-7-14(9-16(15)25-18)20-17(22)13-5-3-12(10-19)4-6-13/h3-9,11H,1-2H3,(H,20,22). The summed E-state index contributed by atoms with van der Waals surface area (Å²) in [6.45, 7) is 3.23. The summed E-state index contributed by atoms with van der Waals surface area (Å²) in [4.78, 5) is 16.5. The maximum absolute atomic E-state index is 12.3. The average molecular weight is 385 g/mol. The summed E-state index contributed by atoms with van der Waals surface area (Å²) in [5.74, 6) is -0.312. The molecule has 26 heavy (non-hydrogen) atoms. The van der Waals surface area contributed by atoms with E-state index >= 15 is 0 Å². The number of nitriles is 1. The summed E-state index contributed by atoms with van der Waals surface area (Å²) >= 11 is 1.09. The number of sulfone groups is 1. The molecule has 1 aromatic heterocycles. The van der Waals surface area contributed by atoms with Crippen LogP contribution in [0.15, 0.2) is 46.8 Å². The van der Waals surface area contributed by atoms with Crippen LogP contribution in [0.3, 0.4) is 0 Å². The van der Waals surface area contributed by atoms with Crippen molar-refractivity contribution in [3.63, 3.8) is 0 Å². The molecule has 0 fully saturated rings. The summed E-state index contributed by atoms with van der Waals surface area (Å²) in [7, 11) is -3.43. The van der Waals surface area contributed by atoms with Gasteiger partial charge in [0.15, 0.2) is 0 Å². The van der Waals surface area contributed by atoms with E-state index in [9.17, 15) is 13.2 Å². The van der Waals surface area contributed by atoms with Crippen LogP contribution in [0.2, 0.25) is 0 Å². The topological polar surface area (TPSA) is 99.9 Å². The molecule has 0 saturated heterocycles. The maximum atomic E-state index is 12.3. The first-order chi connectivity index (χ1) is 12.3. The van der Waals surface area contributed by atoms with Crippen molar-refractivity contribution in [3.8, 4) is 6.07 Å². The van der Waals surface area contributed by atoms with E-state index in [0.29, 0.717) is 27.0 Å². The third-order valence-corrected chi connectivity index (χ3v) is 7.35. The van der Waals surface area contributed by atoms with Crippen LogP contribution in [0, 0.1) is 11.3 Å². The number of thiazole rings is 1. The number of fused-ring (bicyclic) bond motifs is 1. The van der Waals surface area contributed by atoms with Gasteiger partial charge in [-0.05, 0) is 56.3 Å². The number of rotatable bonds is 4. The number of nitrogens with one attached hydrogen (secondary N) is 1. The van der Waals surface area contributed by atoms with E-state index in [4.69, 9.17) is 5.26 Å². The highest BCUT2D eigenvalue weighted by molar-refractivity contribution is 7.94. The lowest BCUT2D eigenvalue weighted by molar-refractivity contribution is 0.102. The van der Waals surface area contributed by atoms with E-state index in [1.54, 1.807) is 56.3 Å². The zero-order valence-corrected chi connectivity index (χ0v) is 15.7. The third kappa shape index (κ3) is 3.45. The van der Waals surface area contributed by atoms with Crippen LogP contribution < -0.4 is 5.32 Å². The van der Waals surface area contributed by atoms with Crippen molar-refractivity contribution in [1.29, 1.82) is 5.26 Å². The Morgan fingerprint density at radius 1 is 1.19 bits per heavy atom. The number of aromatic nitrogens is 1. The molecule has 0 aliphatic heterocycles. The average Bonchev–Trinajstić information content (AvgIpc) is 3.05. The fourth-order valence-corrected chi connectivity index (χ4v) is 4.88. The van der Waals surface area contributed by atoms with E-state index in [1.807, 2.05) is 6.07 Å². The highest BCUT2D eigenvalue weighted by atomic mass is 32.2. The number of benzene rings is 2. The van der Waals surface area contributed by atoms with Crippen molar-refractivity contribution >= 4 is 43.0 Å². The van der Waals surface area contributed by atoms with Crippen LogP contribution in [-0.2, 0) is 9.84 Å². The number of hydrogen-bond donors (Lipinski definition) is 1. The minimum atomic E-state index is -3.43. The minimum absolute atomic E-state index is 0.0815. The quantitative estimate of drug-likeness (QED) is 0.739. The molecule has 2 aromatic carbocycles. The van der Waals surface area contributed by atoms with Crippen molar-refractivity contribution in [3.05, 3.63) is 53.6 Å². The normalized spacial score (nSPS) is 11.5. The molecule has 0 unspecified atom stereocenters. The predicted molar refractivity (Wildman–Crippen MR) is 101 cm³/mol. The Bertz CT molecular complexity index is 1120. The Morgan fingerprint density at radius 3 is 2.50 bits per heavy atom. The zero-order chi connectivity index (χ0) is 18.9. The smallest absolute Gasteiger partial charge is 0.255 e. The Labute approximate surface area is 155 Å².